The van der Waals surface area contributed by atoms with E-state index >= 15 is 0 Å². The van der Waals surface area contributed by atoms with Crippen molar-refractivity contribution in [2.24, 2.45) is 0 Å². The molecule has 3 N–H and O–H groups in total. The van der Waals surface area contributed by atoms with E-state index in [2.05, 4.69) is 0 Å². The van der Waals surface area contributed by atoms with Crippen molar-refractivity contribution in [1.29, 1.82) is 0 Å². The van der Waals surface area contributed by atoms with Crippen LogP contribution >= 0.6 is 0 Å². The van der Waals surface area contributed by atoms with Crippen LogP contribution in [-0.2, 0) is 71.1 Å². The molecule has 6 aliphatic heterocycles. The monoisotopic (exact) mass is 1000 g/mol. The molecule has 6 saturated heterocycles. The molecule has 0 saturated carbocycles. The van der Waals surface area contributed by atoms with Gasteiger partial charge >= 0.3 is 17.9 Å². The number of carbonyl (C=O) groups is 3. The summed E-state index contributed by atoms with van der Waals surface area (Å²) in [6, 6.07) is 30.3. The molecule has 0 bridgehead atoms. The van der Waals surface area contributed by atoms with Crippen molar-refractivity contribution in [1.82, 2.24) is 0 Å². The number of ether oxygens (including phenoxy) is 15. The van der Waals surface area contributed by atoms with Crippen molar-refractivity contribution in [3.05, 3.63) is 143 Å². The first-order chi connectivity index (χ1) is 35.0. The van der Waals surface area contributed by atoms with Crippen LogP contribution in [0.1, 0.15) is 66.6 Å². The van der Waals surface area contributed by atoms with E-state index < -0.39 is 146 Å². The quantitative estimate of drug-likeness (QED) is 0.136. The number of aliphatic hydroxyl groups is 3. The van der Waals surface area contributed by atoms with Gasteiger partial charge in [0.15, 0.2) is 56.1 Å². The van der Waals surface area contributed by atoms with Gasteiger partial charge in [0.25, 0.3) is 0 Å². The van der Waals surface area contributed by atoms with Crippen LogP contribution in [0.4, 0.5) is 0 Å². The zero-order valence-electron chi connectivity index (χ0n) is 39.1. The molecule has 6 heterocycles. The highest BCUT2D eigenvalue weighted by molar-refractivity contribution is 6.00. The third-order valence-electron chi connectivity index (χ3n) is 13.2. The van der Waals surface area contributed by atoms with Gasteiger partial charge in [-0.1, -0.05) is 91.0 Å². The van der Waals surface area contributed by atoms with E-state index in [0.29, 0.717) is 16.7 Å². The molecule has 6 aliphatic rings. The molecule has 0 aromatic heterocycles. The van der Waals surface area contributed by atoms with Crippen molar-refractivity contribution in [2.45, 2.75) is 111 Å². The Kier molecular flexibility index (Phi) is 15.4. The summed E-state index contributed by atoms with van der Waals surface area (Å²) in [4.78, 5) is 43.1. The minimum atomic E-state index is -1.53. The number of methoxy groups -OCH3 is 3. The highest BCUT2D eigenvalue weighted by Gasteiger charge is 2.54. The second-order valence-electron chi connectivity index (χ2n) is 17.7. The molecule has 0 radical (unpaired) electrons. The van der Waals surface area contributed by atoms with E-state index in [1.807, 2.05) is 18.2 Å². The van der Waals surface area contributed by atoms with Crippen LogP contribution in [-0.4, -0.2) is 166 Å². The number of benzene rings is 4. The van der Waals surface area contributed by atoms with Gasteiger partial charge in [-0.05, 0) is 18.2 Å². The van der Waals surface area contributed by atoms with Crippen molar-refractivity contribution >= 4 is 17.9 Å². The third kappa shape index (κ3) is 10.3. The van der Waals surface area contributed by atoms with Crippen LogP contribution in [0.2, 0.25) is 0 Å². The lowest BCUT2D eigenvalue weighted by Gasteiger charge is -2.47. The summed E-state index contributed by atoms with van der Waals surface area (Å²) in [5.74, 6) is -3.46. The molecule has 3 unspecified atom stereocenters. The lowest BCUT2D eigenvalue weighted by Crippen LogP contribution is -2.63. The Bertz CT molecular complexity index is 2200. The Morgan fingerprint density at radius 1 is 0.417 bits per heavy atom. The number of hydrogen-bond acceptors (Lipinski definition) is 21. The summed E-state index contributed by atoms with van der Waals surface area (Å²) in [6.07, 6.45) is -21.4. The normalized spacial score (nSPS) is 36.4. The van der Waals surface area contributed by atoms with Crippen molar-refractivity contribution in [3.63, 3.8) is 0 Å². The minimum absolute atomic E-state index is 0.0105. The first-order valence-corrected chi connectivity index (χ1v) is 23.3. The number of esters is 3. The summed E-state index contributed by atoms with van der Waals surface area (Å²) >= 11 is 0. The average molecular weight is 1000 g/mol. The Morgan fingerprint density at radius 3 is 0.931 bits per heavy atom. The lowest BCUT2D eigenvalue weighted by atomic mass is 9.97. The molecule has 21 heteroatoms. The van der Waals surface area contributed by atoms with Crippen LogP contribution in [0, 0.1) is 0 Å². The van der Waals surface area contributed by atoms with Crippen LogP contribution in [0.25, 0.3) is 0 Å². The van der Waals surface area contributed by atoms with Gasteiger partial charge in [-0.25, -0.2) is 14.4 Å². The molecular formula is C51H54O21. The maximum atomic E-state index is 14.4. The molecule has 4 aromatic carbocycles. The SMILES string of the molecule is CO[C@H]1O[C@@H]2COC(c3ccccc3)O[C@H]2[C@H](O)[C@H]1OC(=O)c1cc(C(=O)O[C@H]2[C@@H](OC)O[C@@H]3COC(c4ccccc4)O[C@H]3[C@@H]2O)cc(C(=O)O[C@H]2[C@@H](OC)O[C@@H]3COC(c4ccccc4)O[C@H]3[C@@H]2O)c1. The van der Waals surface area contributed by atoms with Crippen molar-refractivity contribution in [2.75, 3.05) is 41.2 Å². The molecular weight excluding hydrogens is 949 g/mol. The molecule has 18 atom stereocenters. The smallest absolute Gasteiger partial charge is 0.338 e. The molecule has 21 nitrogen and oxygen atoms in total. The Balaban J connectivity index is 0.922. The first-order valence-electron chi connectivity index (χ1n) is 23.3. The minimum Gasteiger partial charge on any atom is -0.450 e. The van der Waals surface area contributed by atoms with E-state index in [1.165, 1.54) is 21.3 Å². The highest BCUT2D eigenvalue weighted by Crippen LogP contribution is 2.39. The number of carbonyl (C=O) groups excluding carboxylic acids is 3. The van der Waals surface area contributed by atoms with Gasteiger partial charge in [-0.3, -0.25) is 0 Å². The van der Waals surface area contributed by atoms with Crippen molar-refractivity contribution < 1.29 is 101 Å². The van der Waals surface area contributed by atoms with Gasteiger partial charge in [0.05, 0.1) is 36.5 Å². The van der Waals surface area contributed by atoms with E-state index in [0.717, 1.165) is 18.2 Å². The number of rotatable bonds is 12. The van der Waals surface area contributed by atoms with Gasteiger partial charge in [0.2, 0.25) is 0 Å². The topological polar surface area (TPSA) is 250 Å². The fourth-order valence-corrected chi connectivity index (χ4v) is 9.54. The zero-order valence-corrected chi connectivity index (χ0v) is 39.1. The molecule has 4 aromatic rings. The van der Waals surface area contributed by atoms with Crippen LogP contribution in [0.15, 0.2) is 109 Å². The summed E-state index contributed by atoms with van der Waals surface area (Å²) in [5, 5.41) is 35.3. The van der Waals surface area contributed by atoms with Crippen LogP contribution in [0.5, 0.6) is 0 Å². The van der Waals surface area contributed by atoms with Gasteiger partial charge < -0.3 is 86.4 Å². The van der Waals surface area contributed by atoms with Gasteiger partial charge in [-0.2, -0.15) is 0 Å². The average Bonchev–Trinajstić information content (AvgIpc) is 3.43. The largest absolute Gasteiger partial charge is 0.450 e. The predicted molar refractivity (Wildman–Crippen MR) is 239 cm³/mol. The lowest BCUT2D eigenvalue weighted by molar-refractivity contribution is -0.357. The maximum Gasteiger partial charge on any atom is 0.338 e. The Morgan fingerprint density at radius 2 is 0.681 bits per heavy atom. The number of hydrogen-bond donors (Lipinski definition) is 3. The van der Waals surface area contributed by atoms with Crippen molar-refractivity contribution in [3.8, 4) is 0 Å². The fraction of sp³-hybridized carbons (Fsp3) is 0.471. The molecule has 72 heavy (non-hydrogen) atoms. The molecule has 6 fully saturated rings. The Labute approximate surface area is 412 Å². The number of aliphatic hydroxyl groups excluding tert-OH is 3. The second-order valence-corrected chi connectivity index (χ2v) is 17.7. The first kappa shape index (κ1) is 50.2. The summed E-state index contributed by atoms with van der Waals surface area (Å²) in [6.45, 7) is 0.0315. The van der Waals surface area contributed by atoms with Gasteiger partial charge in [0, 0.05) is 38.0 Å². The molecule has 0 spiro atoms. The van der Waals surface area contributed by atoms with E-state index in [9.17, 15) is 29.7 Å². The summed E-state index contributed by atoms with van der Waals surface area (Å²) < 4.78 is 88.4. The van der Waals surface area contributed by atoms with Gasteiger partial charge in [-0.15, -0.1) is 0 Å². The van der Waals surface area contributed by atoms with Gasteiger partial charge in [0.1, 0.15) is 54.9 Å². The zero-order chi connectivity index (χ0) is 50.0. The van der Waals surface area contributed by atoms with Crippen LogP contribution in [0.3, 0.4) is 0 Å². The van der Waals surface area contributed by atoms with E-state index in [1.54, 1.807) is 72.8 Å². The molecule has 384 valence electrons. The van der Waals surface area contributed by atoms with Crippen LogP contribution < -0.4 is 0 Å². The molecule has 0 aliphatic carbocycles. The fourth-order valence-electron chi connectivity index (χ4n) is 9.54. The second kappa shape index (κ2) is 22.0. The Hall–Kier alpha value is -5.31. The molecule has 10 rings (SSSR count). The summed E-state index contributed by atoms with van der Waals surface area (Å²) in [7, 11) is 3.87. The van der Waals surface area contributed by atoms with E-state index in [4.69, 9.17) is 71.1 Å². The maximum absolute atomic E-state index is 14.4. The third-order valence-corrected chi connectivity index (χ3v) is 13.2. The highest BCUT2D eigenvalue weighted by atomic mass is 16.8. The number of fused-ring (bicyclic) bond motifs is 3. The van der Waals surface area contributed by atoms with E-state index in [-0.39, 0.29) is 19.8 Å². The predicted octanol–water partition coefficient (Wildman–Crippen LogP) is 2.80. The standard InChI is InChI=1S/C51H54O21/c1-58-49-40(34(52)37-31(64-49)22-61-46(70-37)25-13-7-4-8-14-25)67-43(55)28-19-29(44(56)68-41-35(53)38-32(65-50(41)59-2)23-62-47(71-38)26-15-9-5-10-16-26)21-30(20-28)45(57)69-42-36(54)39-33(66-51(42)60-3)24-63-48(72-39)27-17-11-6-12-18-27/h4-21,31-42,46-54H,22-24H2,1-3H3/t31-,32-,33-,34+,35+,36+,37-,38-,39-,40-,41-,42-,46?,47?,48?,49+,50+,51+/m1/s1. The molecule has 0 amide bonds. The summed E-state index contributed by atoms with van der Waals surface area (Å²) in [5.41, 5.74) is 0.820.